The van der Waals surface area contributed by atoms with Crippen LogP contribution in [-0.2, 0) is 4.74 Å². The van der Waals surface area contributed by atoms with Crippen LogP contribution in [0.3, 0.4) is 0 Å². The van der Waals surface area contributed by atoms with Gasteiger partial charge in [-0.25, -0.2) is 0 Å². The van der Waals surface area contributed by atoms with Gasteiger partial charge in [-0.05, 0) is 54.8 Å². The molecule has 0 saturated heterocycles. The Kier molecular flexibility index (Phi) is 3.26. The molecular formula is C17H30O2. The maximum Gasteiger partial charge on any atom is 0.165 e. The van der Waals surface area contributed by atoms with Gasteiger partial charge in [-0.1, -0.05) is 27.2 Å². The van der Waals surface area contributed by atoms with Gasteiger partial charge in [0.1, 0.15) is 0 Å². The molecule has 110 valence electrons. The van der Waals surface area contributed by atoms with Gasteiger partial charge in [0.2, 0.25) is 0 Å². The minimum atomic E-state index is -0.805. The summed E-state index contributed by atoms with van der Waals surface area (Å²) in [5.74, 6) is 0.708. The topological polar surface area (TPSA) is 29.5 Å². The zero-order valence-electron chi connectivity index (χ0n) is 12.9. The van der Waals surface area contributed by atoms with Crippen LogP contribution < -0.4 is 0 Å². The van der Waals surface area contributed by atoms with E-state index in [9.17, 15) is 5.11 Å². The van der Waals surface area contributed by atoms with Crippen LogP contribution in [0, 0.1) is 22.7 Å². The van der Waals surface area contributed by atoms with E-state index in [1.807, 2.05) is 0 Å². The second-order valence-corrected chi connectivity index (χ2v) is 8.13. The van der Waals surface area contributed by atoms with Gasteiger partial charge in [0.15, 0.2) is 5.79 Å². The highest BCUT2D eigenvalue weighted by Crippen LogP contribution is 2.68. The van der Waals surface area contributed by atoms with Gasteiger partial charge in [-0.15, -0.1) is 0 Å². The zero-order valence-corrected chi connectivity index (χ0v) is 12.9. The first kappa shape index (κ1) is 13.9. The summed E-state index contributed by atoms with van der Waals surface area (Å²) in [6.45, 7) is 8.12. The van der Waals surface area contributed by atoms with Crippen molar-refractivity contribution in [1.82, 2.24) is 0 Å². The largest absolute Gasteiger partial charge is 0.365 e. The SMILES string of the molecule is CC1(C)[C@H]2CC[C@]1(C)[C@@H](COC1(O)CCCCC1)C2. The van der Waals surface area contributed by atoms with Crippen molar-refractivity contribution in [3.8, 4) is 0 Å². The van der Waals surface area contributed by atoms with E-state index in [4.69, 9.17) is 4.74 Å². The Labute approximate surface area is 117 Å². The maximum absolute atomic E-state index is 10.5. The Morgan fingerprint density at radius 1 is 1.05 bits per heavy atom. The first-order chi connectivity index (χ1) is 8.87. The fourth-order valence-electron chi connectivity index (χ4n) is 5.13. The molecule has 2 bridgehead atoms. The fraction of sp³-hybridized carbons (Fsp3) is 1.00. The van der Waals surface area contributed by atoms with E-state index in [0.717, 1.165) is 38.2 Å². The van der Waals surface area contributed by atoms with Crippen LogP contribution in [0.5, 0.6) is 0 Å². The summed E-state index contributed by atoms with van der Waals surface area (Å²) in [7, 11) is 0. The first-order valence-corrected chi connectivity index (χ1v) is 8.24. The average molecular weight is 266 g/mol. The van der Waals surface area contributed by atoms with Gasteiger partial charge in [0.25, 0.3) is 0 Å². The van der Waals surface area contributed by atoms with E-state index in [-0.39, 0.29) is 0 Å². The molecular weight excluding hydrogens is 236 g/mol. The van der Waals surface area contributed by atoms with Crippen LogP contribution in [-0.4, -0.2) is 17.5 Å². The molecule has 0 aromatic carbocycles. The highest BCUT2D eigenvalue weighted by atomic mass is 16.6. The molecule has 3 aliphatic rings. The summed E-state index contributed by atoms with van der Waals surface area (Å²) < 4.78 is 6.02. The van der Waals surface area contributed by atoms with Crippen molar-refractivity contribution >= 4 is 0 Å². The molecule has 0 heterocycles. The van der Waals surface area contributed by atoms with Crippen molar-refractivity contribution in [3.63, 3.8) is 0 Å². The Balaban J connectivity index is 1.63. The van der Waals surface area contributed by atoms with E-state index in [1.165, 1.54) is 25.7 Å². The maximum atomic E-state index is 10.5. The van der Waals surface area contributed by atoms with Crippen LogP contribution in [0.4, 0.5) is 0 Å². The molecule has 2 nitrogen and oxygen atoms in total. The molecule has 3 saturated carbocycles. The highest BCUT2D eigenvalue weighted by molar-refractivity contribution is 5.10. The lowest BCUT2D eigenvalue weighted by molar-refractivity contribution is -0.231. The molecule has 2 heteroatoms. The van der Waals surface area contributed by atoms with Gasteiger partial charge in [0.05, 0.1) is 6.61 Å². The smallest absolute Gasteiger partial charge is 0.165 e. The van der Waals surface area contributed by atoms with Crippen LogP contribution in [0.25, 0.3) is 0 Å². The molecule has 0 radical (unpaired) electrons. The minimum absolute atomic E-state index is 0.419. The summed E-state index contributed by atoms with van der Waals surface area (Å²) >= 11 is 0. The van der Waals surface area contributed by atoms with Crippen molar-refractivity contribution in [2.75, 3.05) is 6.61 Å². The zero-order chi connectivity index (χ0) is 13.7. The van der Waals surface area contributed by atoms with E-state index in [0.29, 0.717) is 16.7 Å². The number of ether oxygens (including phenoxy) is 1. The van der Waals surface area contributed by atoms with Crippen molar-refractivity contribution in [1.29, 1.82) is 0 Å². The fourth-order valence-corrected chi connectivity index (χ4v) is 5.13. The second kappa shape index (κ2) is 4.46. The lowest BCUT2D eigenvalue weighted by atomic mass is 9.67. The summed E-state index contributed by atoms with van der Waals surface area (Å²) in [6.07, 6.45) is 9.20. The first-order valence-electron chi connectivity index (χ1n) is 8.24. The molecule has 0 unspecified atom stereocenters. The van der Waals surface area contributed by atoms with Crippen LogP contribution in [0.15, 0.2) is 0 Å². The molecule has 0 aromatic heterocycles. The summed E-state index contributed by atoms with van der Waals surface area (Å²) in [5.41, 5.74) is 0.874. The Morgan fingerprint density at radius 3 is 2.26 bits per heavy atom. The van der Waals surface area contributed by atoms with Crippen molar-refractivity contribution in [2.45, 2.75) is 77.9 Å². The standard InChI is InChI=1S/C17H30O2/c1-15(2)13-7-10-16(15,3)14(11-13)12-19-17(18)8-5-4-6-9-17/h13-14,18H,4-12H2,1-3H3/t13-,14+,16+/m0/s1. The van der Waals surface area contributed by atoms with Gasteiger partial charge < -0.3 is 9.84 Å². The average Bonchev–Trinajstić information content (AvgIpc) is 2.70. The third-order valence-corrected chi connectivity index (χ3v) is 7.16. The van der Waals surface area contributed by atoms with Gasteiger partial charge in [0, 0.05) is 12.8 Å². The molecule has 3 aliphatic carbocycles. The molecule has 0 spiro atoms. The molecule has 0 aliphatic heterocycles. The van der Waals surface area contributed by atoms with Gasteiger partial charge in [-0.2, -0.15) is 0 Å². The summed E-state index contributed by atoms with van der Waals surface area (Å²) in [4.78, 5) is 0. The van der Waals surface area contributed by atoms with Crippen LogP contribution in [0.2, 0.25) is 0 Å². The van der Waals surface area contributed by atoms with Crippen molar-refractivity contribution in [3.05, 3.63) is 0 Å². The Bertz CT molecular complexity index is 343. The monoisotopic (exact) mass is 266 g/mol. The van der Waals surface area contributed by atoms with Crippen LogP contribution in [0.1, 0.15) is 72.1 Å². The number of aliphatic hydroxyl groups is 1. The minimum Gasteiger partial charge on any atom is -0.365 e. The predicted octanol–water partition coefficient (Wildman–Crippen LogP) is 4.12. The molecule has 3 atom stereocenters. The number of fused-ring (bicyclic) bond motifs is 2. The lowest BCUT2D eigenvalue weighted by Gasteiger charge is -2.41. The Hall–Kier alpha value is -0.0800. The molecule has 0 aromatic rings. The molecule has 1 N–H and O–H groups in total. The molecule has 0 amide bonds. The normalized spacial score (nSPS) is 43.6. The quantitative estimate of drug-likeness (QED) is 0.779. The van der Waals surface area contributed by atoms with Crippen LogP contribution >= 0.6 is 0 Å². The third kappa shape index (κ3) is 2.06. The highest BCUT2D eigenvalue weighted by Gasteiger charge is 2.61. The number of hydrogen-bond donors (Lipinski definition) is 1. The second-order valence-electron chi connectivity index (χ2n) is 8.13. The van der Waals surface area contributed by atoms with E-state index in [1.54, 1.807) is 0 Å². The van der Waals surface area contributed by atoms with Crippen molar-refractivity contribution < 1.29 is 9.84 Å². The molecule has 3 rings (SSSR count). The predicted molar refractivity (Wildman–Crippen MR) is 76.7 cm³/mol. The third-order valence-electron chi connectivity index (χ3n) is 7.16. The molecule has 19 heavy (non-hydrogen) atoms. The molecule has 3 fully saturated rings. The van der Waals surface area contributed by atoms with E-state index < -0.39 is 5.79 Å². The number of hydrogen-bond acceptors (Lipinski definition) is 2. The van der Waals surface area contributed by atoms with E-state index in [2.05, 4.69) is 20.8 Å². The van der Waals surface area contributed by atoms with Crippen molar-refractivity contribution in [2.24, 2.45) is 22.7 Å². The van der Waals surface area contributed by atoms with Gasteiger partial charge >= 0.3 is 0 Å². The summed E-state index contributed by atoms with van der Waals surface area (Å²) in [6, 6.07) is 0. The number of rotatable bonds is 3. The Morgan fingerprint density at radius 2 is 1.74 bits per heavy atom. The van der Waals surface area contributed by atoms with E-state index >= 15 is 0 Å². The lowest BCUT2D eigenvalue weighted by Crippen LogP contribution is -2.40. The van der Waals surface area contributed by atoms with Gasteiger partial charge in [-0.3, -0.25) is 0 Å². The summed E-state index contributed by atoms with van der Waals surface area (Å²) in [5, 5.41) is 10.5.